The van der Waals surface area contributed by atoms with Crippen LogP contribution in [0.3, 0.4) is 0 Å². The Balaban J connectivity index is 0.00000149. The van der Waals surface area contributed by atoms with Gasteiger partial charge in [0.15, 0.2) is 0 Å². The van der Waals surface area contributed by atoms with E-state index in [1.165, 1.54) is 49.5 Å². The van der Waals surface area contributed by atoms with Crippen molar-refractivity contribution in [2.75, 3.05) is 0 Å². The minimum absolute atomic E-state index is 0.838. The van der Waals surface area contributed by atoms with Crippen molar-refractivity contribution in [3.63, 3.8) is 0 Å². The number of rotatable bonds is 9. The highest BCUT2D eigenvalue weighted by Gasteiger charge is 2.24. The van der Waals surface area contributed by atoms with E-state index in [1.807, 2.05) is 44.6 Å². The Labute approximate surface area is 492 Å². The van der Waals surface area contributed by atoms with Gasteiger partial charge in [-0.1, -0.05) is 140 Å². The van der Waals surface area contributed by atoms with Gasteiger partial charge < -0.3 is 9.13 Å². The summed E-state index contributed by atoms with van der Waals surface area (Å²) in [6.45, 7) is 4.00. The van der Waals surface area contributed by atoms with Crippen molar-refractivity contribution >= 4 is 43.6 Å². The van der Waals surface area contributed by atoms with E-state index in [-0.39, 0.29) is 0 Å². The minimum atomic E-state index is 0.838. The molecule has 402 valence electrons. The molecule has 1 aliphatic rings. The predicted molar refractivity (Wildman–Crippen MR) is 349 cm³/mol. The van der Waals surface area contributed by atoms with Gasteiger partial charge in [-0.15, -0.1) is 0 Å². The Bertz CT molecular complexity index is 5040. The summed E-state index contributed by atoms with van der Waals surface area (Å²) in [5.74, 6) is 0. The molecule has 8 heteroatoms. The predicted octanol–water partition coefficient (Wildman–Crippen LogP) is 19.1. The second-order valence-electron chi connectivity index (χ2n) is 21.4. The monoisotopic (exact) mass is 1090 g/mol. The molecular formula is C77H54N8. The Hall–Kier alpha value is -11.2. The summed E-state index contributed by atoms with van der Waals surface area (Å²) in [6, 6.07) is 78.0. The van der Waals surface area contributed by atoms with Crippen LogP contribution in [0.5, 0.6) is 0 Å². The maximum absolute atomic E-state index is 4.71. The topological polar surface area (TPSA) is 87.2 Å². The first-order valence-corrected chi connectivity index (χ1v) is 28.7. The van der Waals surface area contributed by atoms with Crippen LogP contribution in [0.25, 0.3) is 144 Å². The van der Waals surface area contributed by atoms with Crippen LogP contribution in [0.4, 0.5) is 0 Å². The molecule has 0 saturated carbocycles. The molecule has 85 heavy (non-hydrogen) atoms. The lowest BCUT2D eigenvalue weighted by Crippen LogP contribution is -1.95. The average Bonchev–Trinajstić information content (AvgIpc) is 1.77. The van der Waals surface area contributed by atoms with Crippen LogP contribution >= 0.6 is 0 Å². The molecule has 0 unspecified atom stereocenters. The Morgan fingerprint density at radius 2 is 0.706 bits per heavy atom. The van der Waals surface area contributed by atoms with Gasteiger partial charge in [-0.25, -0.2) is 0 Å². The number of hydrogen-bond donors (Lipinski definition) is 0. The Morgan fingerprint density at radius 3 is 1.22 bits per heavy atom. The lowest BCUT2D eigenvalue weighted by Gasteiger charge is -2.12. The smallest absolute Gasteiger partial charge is 0.0891 e. The first kappa shape index (κ1) is 50.7. The number of aromatic nitrogens is 8. The maximum atomic E-state index is 4.71. The zero-order valence-corrected chi connectivity index (χ0v) is 46.8. The van der Waals surface area contributed by atoms with Crippen molar-refractivity contribution in [1.82, 2.24) is 39.0 Å². The third-order valence-electron chi connectivity index (χ3n) is 16.6. The summed E-state index contributed by atoms with van der Waals surface area (Å²) in [7, 11) is 0. The lowest BCUT2D eigenvalue weighted by molar-refractivity contribution is 1.17. The van der Waals surface area contributed by atoms with E-state index in [2.05, 4.69) is 246 Å². The van der Waals surface area contributed by atoms with Crippen molar-refractivity contribution in [2.24, 2.45) is 0 Å². The van der Waals surface area contributed by atoms with Crippen molar-refractivity contribution in [1.29, 1.82) is 0 Å². The number of para-hydroxylation sites is 1. The van der Waals surface area contributed by atoms with E-state index in [0.717, 1.165) is 112 Å². The van der Waals surface area contributed by atoms with Gasteiger partial charge in [-0.05, 0) is 172 Å². The van der Waals surface area contributed by atoms with E-state index in [9.17, 15) is 0 Å². The van der Waals surface area contributed by atoms with Crippen LogP contribution < -0.4 is 0 Å². The molecular weight excluding hydrogens is 1040 g/mol. The van der Waals surface area contributed by atoms with Crippen molar-refractivity contribution in [3.8, 4) is 101 Å². The zero-order chi connectivity index (χ0) is 56.8. The molecule has 0 fully saturated rings. The molecule has 16 rings (SSSR count). The van der Waals surface area contributed by atoms with Gasteiger partial charge in [0, 0.05) is 86.8 Å². The van der Waals surface area contributed by atoms with Crippen LogP contribution in [0.2, 0.25) is 0 Å². The molecule has 0 amide bonds. The maximum Gasteiger partial charge on any atom is 0.0891 e. The van der Waals surface area contributed by atoms with Crippen molar-refractivity contribution in [2.45, 2.75) is 20.3 Å². The Kier molecular flexibility index (Phi) is 12.9. The van der Waals surface area contributed by atoms with E-state index < -0.39 is 0 Å². The highest BCUT2D eigenvalue weighted by Crippen LogP contribution is 2.45. The summed E-state index contributed by atoms with van der Waals surface area (Å²) in [5, 5.41) is 4.72. The van der Waals surface area contributed by atoms with Crippen LogP contribution in [0.15, 0.2) is 280 Å². The standard InChI is InChI=1S/C73H46N8.C4H8/c1-2-11-55(12-3-1)80-70-25-21-49(39-63(70)65-40-52(22-27-71(65)80)57-13-4-6-15-59(57)68-44-75-30-33-78-68)47-17-18-50-36-51-19-24-56(42-62(51)61(50)37-47)81-72-26-20-48(46-9-8-10-54(35-46)67-43-74-29-32-77-67)38-64(72)66-41-53(23-28-73(66)81)58-14-5-7-16-60(58)69-45-76-31-34-79-69;1-3-4-2/h1-35,37-45H,36H2;3-4H,1-2H3/b;4-3-. The molecule has 0 saturated heterocycles. The van der Waals surface area contributed by atoms with Crippen molar-refractivity contribution < 1.29 is 0 Å². The van der Waals surface area contributed by atoms with Crippen LogP contribution in [-0.4, -0.2) is 39.0 Å². The molecule has 8 nitrogen and oxygen atoms in total. The van der Waals surface area contributed by atoms with Gasteiger partial charge in [-0.2, -0.15) is 0 Å². The molecule has 10 aromatic carbocycles. The SMILES string of the molecule is C/C=C\C.c1ccc(-n2c3ccc(-c4ccc5c(c4)-c4cc(-n6c7ccc(-c8cccc(-c9cnccn9)c8)cc7c7cc(-c8ccccc8-c8cnccn8)ccc76)ccc4C5)cc3c3cc(-c4ccccc4-c4cnccn4)ccc32)cc1. The van der Waals surface area contributed by atoms with Gasteiger partial charge in [0.1, 0.15) is 0 Å². The highest BCUT2D eigenvalue weighted by atomic mass is 15.0. The number of benzene rings is 10. The van der Waals surface area contributed by atoms with Crippen molar-refractivity contribution in [3.05, 3.63) is 291 Å². The molecule has 1 aliphatic carbocycles. The van der Waals surface area contributed by atoms with Gasteiger partial charge in [-0.3, -0.25) is 29.9 Å². The molecule has 0 radical (unpaired) electrons. The molecule has 0 N–H and O–H groups in total. The van der Waals surface area contributed by atoms with Gasteiger partial charge in [0.05, 0.1) is 57.7 Å². The second kappa shape index (κ2) is 21.6. The molecule has 0 spiro atoms. The summed E-state index contributed by atoms with van der Waals surface area (Å²) in [6.07, 6.45) is 20.8. The van der Waals surface area contributed by atoms with E-state index >= 15 is 0 Å². The first-order valence-electron chi connectivity index (χ1n) is 28.7. The van der Waals surface area contributed by atoms with Gasteiger partial charge >= 0.3 is 0 Å². The molecule has 0 aliphatic heterocycles. The zero-order valence-electron chi connectivity index (χ0n) is 46.8. The molecule has 0 bridgehead atoms. The number of hydrogen-bond acceptors (Lipinski definition) is 6. The van der Waals surface area contributed by atoms with E-state index in [4.69, 9.17) is 4.98 Å². The number of nitrogens with zero attached hydrogens (tertiary/aromatic N) is 8. The fraction of sp³-hybridized carbons (Fsp3) is 0.0390. The molecule has 5 aromatic heterocycles. The van der Waals surface area contributed by atoms with E-state index in [1.54, 1.807) is 37.2 Å². The van der Waals surface area contributed by atoms with Crippen LogP contribution in [0.1, 0.15) is 25.0 Å². The van der Waals surface area contributed by atoms with Gasteiger partial charge in [0.2, 0.25) is 0 Å². The first-order chi connectivity index (χ1) is 42.1. The molecule has 0 atom stereocenters. The largest absolute Gasteiger partial charge is 0.309 e. The third kappa shape index (κ3) is 9.14. The van der Waals surface area contributed by atoms with E-state index in [0.29, 0.717) is 0 Å². The summed E-state index contributed by atoms with van der Waals surface area (Å²) in [4.78, 5) is 27.2. The molecule has 15 aromatic rings. The molecule has 5 heterocycles. The number of fused-ring (bicyclic) bond motifs is 9. The highest BCUT2D eigenvalue weighted by molar-refractivity contribution is 6.13. The van der Waals surface area contributed by atoms with Crippen LogP contribution in [-0.2, 0) is 6.42 Å². The summed E-state index contributed by atoms with van der Waals surface area (Å²) < 4.78 is 4.84. The van der Waals surface area contributed by atoms with Crippen LogP contribution in [0, 0.1) is 0 Å². The third-order valence-corrected chi connectivity index (χ3v) is 16.6. The summed E-state index contributed by atoms with van der Waals surface area (Å²) >= 11 is 0. The quantitative estimate of drug-likeness (QED) is 0.134. The fourth-order valence-electron chi connectivity index (χ4n) is 12.4. The van der Waals surface area contributed by atoms with Gasteiger partial charge in [0.25, 0.3) is 0 Å². The average molecular weight is 1090 g/mol. The lowest BCUT2D eigenvalue weighted by atomic mass is 9.95. The number of allylic oxidation sites excluding steroid dienone is 2. The normalized spacial score (nSPS) is 11.8. The Morgan fingerprint density at radius 1 is 0.294 bits per heavy atom. The summed E-state index contributed by atoms with van der Waals surface area (Å²) in [5.41, 5.74) is 26.7. The minimum Gasteiger partial charge on any atom is -0.309 e. The second-order valence-corrected chi connectivity index (χ2v) is 21.4. The fourth-order valence-corrected chi connectivity index (χ4v) is 12.4.